The van der Waals surface area contributed by atoms with Crippen LogP contribution in [-0.2, 0) is 19.5 Å². The van der Waals surface area contributed by atoms with Crippen molar-refractivity contribution in [2.24, 2.45) is 0 Å². The van der Waals surface area contributed by atoms with Crippen molar-refractivity contribution < 1.29 is 17.9 Å². The highest BCUT2D eigenvalue weighted by Crippen LogP contribution is 2.36. The van der Waals surface area contributed by atoms with E-state index < -0.39 is 22.2 Å². The largest absolute Gasteiger partial charge is 0.371 e. The Kier molecular flexibility index (Phi) is 4.95. The van der Waals surface area contributed by atoms with E-state index in [0.29, 0.717) is 12.4 Å². The molecule has 9 nitrogen and oxygen atoms in total. The van der Waals surface area contributed by atoms with Gasteiger partial charge in [-0.15, -0.1) is 5.10 Å². The van der Waals surface area contributed by atoms with Gasteiger partial charge < -0.3 is 9.47 Å². The van der Waals surface area contributed by atoms with Crippen LogP contribution in [0, 0.1) is 0 Å². The quantitative estimate of drug-likeness (QED) is 0.483. The average Bonchev–Trinajstić information content (AvgIpc) is 3.57. The van der Waals surface area contributed by atoms with Gasteiger partial charge in [0.25, 0.3) is 0 Å². The molecule has 4 unspecified atom stereocenters. The van der Waals surface area contributed by atoms with Crippen LogP contribution in [0.5, 0.6) is 0 Å². The molecular formula is C23H21N5O4S. The minimum Gasteiger partial charge on any atom is -0.371 e. The Morgan fingerprint density at radius 3 is 2.48 bits per heavy atom. The van der Waals surface area contributed by atoms with E-state index in [2.05, 4.69) is 20.2 Å². The summed E-state index contributed by atoms with van der Waals surface area (Å²) >= 11 is 0. The second-order valence-electron chi connectivity index (χ2n) is 8.21. The third-order valence-corrected chi connectivity index (χ3v) is 7.69. The van der Waals surface area contributed by atoms with Crippen LogP contribution in [0.1, 0.15) is 6.04 Å². The Balaban J connectivity index is 1.23. The topological polar surface area (TPSA) is 108 Å². The lowest BCUT2D eigenvalue weighted by atomic mass is 10.1. The summed E-state index contributed by atoms with van der Waals surface area (Å²) < 4.78 is 42.7. The Morgan fingerprint density at radius 1 is 0.879 bits per heavy atom. The van der Waals surface area contributed by atoms with Crippen LogP contribution in [0.2, 0.25) is 0 Å². The maximum atomic E-state index is 13.1. The van der Waals surface area contributed by atoms with E-state index in [-0.39, 0.29) is 23.6 Å². The molecule has 2 fully saturated rings. The Labute approximate surface area is 190 Å². The van der Waals surface area contributed by atoms with E-state index in [4.69, 9.17) is 9.47 Å². The number of nitrogens with zero attached hydrogens (tertiary/aromatic N) is 4. The number of hydrogen-bond donors (Lipinski definition) is 1. The van der Waals surface area contributed by atoms with Crippen molar-refractivity contribution >= 4 is 20.8 Å². The van der Waals surface area contributed by atoms with E-state index in [1.165, 1.54) is 0 Å². The fourth-order valence-corrected chi connectivity index (χ4v) is 5.85. The minimum atomic E-state index is -3.75. The summed E-state index contributed by atoms with van der Waals surface area (Å²) in [6.45, 7) is 0.538. The Hall–Kier alpha value is -3.18. The molecule has 2 saturated heterocycles. The highest BCUT2D eigenvalue weighted by molar-refractivity contribution is 7.89. The van der Waals surface area contributed by atoms with Crippen LogP contribution in [0.25, 0.3) is 22.2 Å². The van der Waals surface area contributed by atoms with E-state index in [1.54, 1.807) is 16.8 Å². The van der Waals surface area contributed by atoms with Crippen LogP contribution in [0.3, 0.4) is 0 Å². The first-order valence-electron chi connectivity index (χ1n) is 10.7. The van der Waals surface area contributed by atoms with Gasteiger partial charge in [-0.3, -0.25) is 0 Å². The molecule has 2 aliphatic rings. The number of hydrogen-bond acceptors (Lipinski definition) is 7. The first kappa shape index (κ1) is 20.4. The molecule has 0 radical (unpaired) electrons. The fraction of sp³-hybridized carbons (Fsp3) is 0.261. The van der Waals surface area contributed by atoms with Crippen molar-refractivity contribution in [3.63, 3.8) is 0 Å². The van der Waals surface area contributed by atoms with Gasteiger partial charge in [0, 0.05) is 5.56 Å². The number of ether oxygens (including phenoxy) is 2. The molecule has 0 amide bonds. The van der Waals surface area contributed by atoms with E-state index in [1.807, 2.05) is 60.7 Å². The zero-order valence-electron chi connectivity index (χ0n) is 17.5. The van der Waals surface area contributed by atoms with E-state index >= 15 is 0 Å². The molecule has 0 bridgehead atoms. The molecule has 3 aromatic carbocycles. The van der Waals surface area contributed by atoms with Crippen LogP contribution >= 0.6 is 0 Å². The van der Waals surface area contributed by atoms with Gasteiger partial charge in [0.2, 0.25) is 10.0 Å². The number of aromatic nitrogens is 4. The average molecular weight is 464 g/mol. The van der Waals surface area contributed by atoms with E-state index in [9.17, 15) is 8.42 Å². The molecule has 10 heteroatoms. The van der Waals surface area contributed by atoms with Crippen LogP contribution in [-0.4, -0.2) is 60.1 Å². The fourth-order valence-electron chi connectivity index (χ4n) is 4.59. The second kappa shape index (κ2) is 7.99. The number of tetrazole rings is 1. The summed E-state index contributed by atoms with van der Waals surface area (Å²) in [4.78, 5) is 0.214. The van der Waals surface area contributed by atoms with Gasteiger partial charge in [0.1, 0.15) is 18.2 Å². The molecule has 0 aliphatic carbocycles. The number of rotatable bonds is 5. The lowest BCUT2D eigenvalue weighted by molar-refractivity contribution is 0.0626. The predicted octanol–water partition coefficient (Wildman–Crippen LogP) is 2.18. The standard InChI is InChI=1S/C23H21N5O4S/c29-33(30,18-11-10-15-6-4-5-9-17(15)12-18)25-19-13-31-22-20(14-32-21(19)22)28-23(24-26-27-28)16-7-2-1-3-8-16/h1-12,19-22,25H,13-14H2. The predicted molar refractivity (Wildman–Crippen MR) is 120 cm³/mol. The van der Waals surface area contributed by atoms with Crippen molar-refractivity contribution in [1.82, 2.24) is 24.9 Å². The van der Waals surface area contributed by atoms with Crippen molar-refractivity contribution in [1.29, 1.82) is 0 Å². The first-order valence-corrected chi connectivity index (χ1v) is 12.2. The van der Waals surface area contributed by atoms with Gasteiger partial charge >= 0.3 is 0 Å². The van der Waals surface area contributed by atoms with Crippen LogP contribution in [0.15, 0.2) is 77.7 Å². The summed E-state index contributed by atoms with van der Waals surface area (Å²) in [5.74, 6) is 0.619. The monoisotopic (exact) mass is 463 g/mol. The van der Waals surface area contributed by atoms with Gasteiger partial charge in [-0.25, -0.2) is 17.8 Å². The van der Waals surface area contributed by atoms with Crippen molar-refractivity contribution in [3.05, 3.63) is 72.8 Å². The van der Waals surface area contributed by atoms with Crippen LogP contribution < -0.4 is 4.72 Å². The van der Waals surface area contributed by atoms with Crippen molar-refractivity contribution in [3.8, 4) is 11.4 Å². The normalized spacial score (nSPS) is 24.8. The van der Waals surface area contributed by atoms with E-state index in [0.717, 1.165) is 16.3 Å². The van der Waals surface area contributed by atoms with Gasteiger partial charge in [-0.2, -0.15) is 0 Å². The number of sulfonamides is 1. The minimum absolute atomic E-state index is 0.210. The zero-order chi connectivity index (χ0) is 22.4. The summed E-state index contributed by atoms with van der Waals surface area (Å²) in [6, 6.07) is 21.6. The van der Waals surface area contributed by atoms with Crippen LogP contribution in [0.4, 0.5) is 0 Å². The third-order valence-electron chi connectivity index (χ3n) is 6.20. The second-order valence-corrected chi connectivity index (χ2v) is 9.93. The van der Waals surface area contributed by atoms with Crippen molar-refractivity contribution in [2.45, 2.75) is 29.2 Å². The molecule has 4 aromatic rings. The molecule has 33 heavy (non-hydrogen) atoms. The molecule has 1 N–H and O–H groups in total. The highest BCUT2D eigenvalue weighted by atomic mass is 32.2. The molecule has 168 valence electrons. The number of fused-ring (bicyclic) bond motifs is 2. The SMILES string of the molecule is O=S(=O)(NC1COC2C1OCC2n1nnnc1-c1ccccc1)c1ccc2ccccc2c1. The molecular weight excluding hydrogens is 442 g/mol. The summed E-state index contributed by atoms with van der Waals surface area (Å²) in [7, 11) is -3.75. The number of nitrogens with one attached hydrogen (secondary N) is 1. The lowest BCUT2D eigenvalue weighted by Gasteiger charge is -2.18. The summed E-state index contributed by atoms with van der Waals surface area (Å²) in [6.07, 6.45) is -0.793. The molecule has 6 rings (SSSR count). The molecule has 2 aliphatic heterocycles. The van der Waals surface area contributed by atoms with Gasteiger partial charge in [-0.1, -0.05) is 60.7 Å². The molecule has 0 saturated carbocycles. The van der Waals surface area contributed by atoms with Gasteiger partial charge in [-0.05, 0) is 33.3 Å². The number of benzene rings is 3. The highest BCUT2D eigenvalue weighted by Gasteiger charge is 2.50. The van der Waals surface area contributed by atoms with Gasteiger partial charge in [0.05, 0.1) is 24.2 Å². The first-order chi connectivity index (χ1) is 16.1. The zero-order valence-corrected chi connectivity index (χ0v) is 18.3. The maximum absolute atomic E-state index is 13.1. The molecule has 1 aromatic heterocycles. The smallest absolute Gasteiger partial charge is 0.241 e. The Bertz CT molecular complexity index is 1410. The molecule has 4 atom stereocenters. The summed E-state index contributed by atoms with van der Waals surface area (Å²) in [5, 5.41) is 14.0. The molecule has 0 spiro atoms. The lowest BCUT2D eigenvalue weighted by Crippen LogP contribution is -2.44. The Morgan fingerprint density at radius 2 is 1.64 bits per heavy atom. The molecule has 3 heterocycles. The maximum Gasteiger partial charge on any atom is 0.241 e. The van der Waals surface area contributed by atoms with Gasteiger partial charge in [0.15, 0.2) is 5.82 Å². The summed E-state index contributed by atoms with van der Waals surface area (Å²) in [5.41, 5.74) is 0.887. The van der Waals surface area contributed by atoms with Crippen molar-refractivity contribution in [2.75, 3.05) is 13.2 Å². The third kappa shape index (κ3) is 3.61.